The number of aromatic amines is 1. The van der Waals surface area contributed by atoms with E-state index >= 15 is 0 Å². The number of aromatic nitrogens is 1. The standard InChI is InChI=1S/C13H12FNO/c1-8-6-10(7-15-13(8)16)11-4-3-5-12(14)9(11)2/h3-7H,1-2H3,(H,15,16). The Bertz CT molecular complexity index is 587. The van der Waals surface area contributed by atoms with Gasteiger partial charge in [0.05, 0.1) is 0 Å². The molecule has 0 fully saturated rings. The van der Waals surface area contributed by atoms with E-state index in [1.165, 1.54) is 6.07 Å². The van der Waals surface area contributed by atoms with E-state index in [1.54, 1.807) is 32.2 Å². The van der Waals surface area contributed by atoms with Gasteiger partial charge in [-0.1, -0.05) is 12.1 Å². The quantitative estimate of drug-likeness (QED) is 0.782. The van der Waals surface area contributed by atoms with Gasteiger partial charge in [-0.05, 0) is 42.7 Å². The molecule has 0 saturated carbocycles. The first-order valence-corrected chi connectivity index (χ1v) is 5.04. The number of H-pyrrole nitrogens is 1. The number of pyridine rings is 1. The van der Waals surface area contributed by atoms with Crippen LogP contribution in [0.4, 0.5) is 4.39 Å². The summed E-state index contributed by atoms with van der Waals surface area (Å²) in [7, 11) is 0. The number of nitrogens with one attached hydrogen (secondary N) is 1. The molecule has 2 aromatic rings. The number of hydrogen-bond donors (Lipinski definition) is 1. The van der Waals surface area contributed by atoms with E-state index in [2.05, 4.69) is 4.98 Å². The SMILES string of the molecule is Cc1c(F)cccc1-c1c[nH]c(=O)c(C)c1. The smallest absolute Gasteiger partial charge is 0.250 e. The number of hydrogen-bond acceptors (Lipinski definition) is 1. The van der Waals surface area contributed by atoms with Gasteiger partial charge in [0, 0.05) is 11.8 Å². The van der Waals surface area contributed by atoms with E-state index in [9.17, 15) is 9.18 Å². The Morgan fingerprint density at radius 1 is 1.25 bits per heavy atom. The van der Waals surface area contributed by atoms with Crippen LogP contribution in [0.5, 0.6) is 0 Å². The van der Waals surface area contributed by atoms with Crippen molar-refractivity contribution in [2.75, 3.05) is 0 Å². The Balaban J connectivity index is 2.63. The number of halogens is 1. The first kappa shape index (κ1) is 10.6. The van der Waals surface area contributed by atoms with Crippen LogP contribution >= 0.6 is 0 Å². The zero-order valence-corrected chi connectivity index (χ0v) is 9.17. The molecule has 0 unspecified atom stereocenters. The minimum Gasteiger partial charge on any atom is -0.328 e. The summed E-state index contributed by atoms with van der Waals surface area (Å²) in [5, 5.41) is 0. The maximum atomic E-state index is 13.4. The predicted octanol–water partition coefficient (Wildman–Crippen LogP) is 2.80. The van der Waals surface area contributed by atoms with Crippen molar-refractivity contribution in [1.29, 1.82) is 0 Å². The number of benzene rings is 1. The van der Waals surface area contributed by atoms with Gasteiger partial charge < -0.3 is 4.98 Å². The molecule has 1 heterocycles. The van der Waals surface area contributed by atoms with E-state index < -0.39 is 0 Å². The summed E-state index contributed by atoms with van der Waals surface area (Å²) in [4.78, 5) is 13.9. The van der Waals surface area contributed by atoms with Gasteiger partial charge in [-0.15, -0.1) is 0 Å². The lowest BCUT2D eigenvalue weighted by Gasteiger charge is -2.07. The maximum absolute atomic E-state index is 13.4. The summed E-state index contributed by atoms with van der Waals surface area (Å²) >= 11 is 0. The van der Waals surface area contributed by atoms with Crippen LogP contribution in [0.3, 0.4) is 0 Å². The molecule has 0 saturated heterocycles. The van der Waals surface area contributed by atoms with Crippen molar-refractivity contribution < 1.29 is 4.39 Å². The molecule has 3 heteroatoms. The minimum atomic E-state index is -0.235. The van der Waals surface area contributed by atoms with Crippen molar-refractivity contribution in [1.82, 2.24) is 4.98 Å². The number of aryl methyl sites for hydroxylation is 1. The van der Waals surface area contributed by atoms with Gasteiger partial charge in [-0.3, -0.25) is 4.79 Å². The predicted molar refractivity (Wildman–Crippen MR) is 61.9 cm³/mol. The fourth-order valence-electron chi connectivity index (χ4n) is 1.67. The highest BCUT2D eigenvalue weighted by atomic mass is 19.1. The highest BCUT2D eigenvalue weighted by Crippen LogP contribution is 2.24. The molecule has 82 valence electrons. The van der Waals surface area contributed by atoms with Gasteiger partial charge >= 0.3 is 0 Å². The van der Waals surface area contributed by atoms with Gasteiger partial charge in [-0.25, -0.2) is 4.39 Å². The molecular formula is C13H12FNO. The van der Waals surface area contributed by atoms with Crippen LogP contribution < -0.4 is 5.56 Å². The molecule has 2 nitrogen and oxygen atoms in total. The topological polar surface area (TPSA) is 32.9 Å². The average molecular weight is 217 g/mol. The Morgan fingerprint density at radius 2 is 2.00 bits per heavy atom. The summed E-state index contributed by atoms with van der Waals surface area (Å²) in [5.74, 6) is -0.235. The van der Waals surface area contributed by atoms with Crippen molar-refractivity contribution in [3.63, 3.8) is 0 Å². The normalized spacial score (nSPS) is 10.4. The maximum Gasteiger partial charge on any atom is 0.250 e. The molecule has 16 heavy (non-hydrogen) atoms. The lowest BCUT2D eigenvalue weighted by atomic mass is 10.0. The highest BCUT2D eigenvalue weighted by Gasteiger charge is 2.06. The van der Waals surface area contributed by atoms with Crippen molar-refractivity contribution in [2.45, 2.75) is 13.8 Å². The van der Waals surface area contributed by atoms with Crippen LogP contribution in [0, 0.1) is 19.7 Å². The van der Waals surface area contributed by atoms with Crippen molar-refractivity contribution in [3.8, 4) is 11.1 Å². The molecule has 1 aromatic carbocycles. The van der Waals surface area contributed by atoms with Crippen molar-refractivity contribution >= 4 is 0 Å². The Labute approximate surface area is 92.8 Å². The summed E-state index contributed by atoms with van der Waals surface area (Å²) in [6.07, 6.45) is 1.61. The summed E-state index contributed by atoms with van der Waals surface area (Å²) in [6, 6.07) is 6.70. The fraction of sp³-hybridized carbons (Fsp3) is 0.154. The largest absolute Gasteiger partial charge is 0.328 e. The third kappa shape index (κ3) is 1.76. The lowest BCUT2D eigenvalue weighted by Crippen LogP contribution is -2.08. The van der Waals surface area contributed by atoms with Gasteiger partial charge in [-0.2, -0.15) is 0 Å². The van der Waals surface area contributed by atoms with Gasteiger partial charge in [0.15, 0.2) is 0 Å². The van der Waals surface area contributed by atoms with Crippen LogP contribution in [-0.4, -0.2) is 4.98 Å². The van der Waals surface area contributed by atoms with Crippen LogP contribution in [0.1, 0.15) is 11.1 Å². The van der Waals surface area contributed by atoms with E-state index in [0.717, 1.165) is 11.1 Å². The molecule has 0 aliphatic rings. The molecule has 0 spiro atoms. The van der Waals surface area contributed by atoms with E-state index in [4.69, 9.17) is 0 Å². The van der Waals surface area contributed by atoms with E-state index in [-0.39, 0.29) is 11.4 Å². The van der Waals surface area contributed by atoms with Crippen molar-refractivity contribution in [2.24, 2.45) is 0 Å². The molecular weight excluding hydrogens is 205 g/mol. The summed E-state index contributed by atoms with van der Waals surface area (Å²) in [6.45, 7) is 3.46. The molecule has 0 aliphatic heterocycles. The third-order valence-electron chi connectivity index (χ3n) is 2.67. The first-order valence-electron chi connectivity index (χ1n) is 5.04. The summed E-state index contributed by atoms with van der Waals surface area (Å²) < 4.78 is 13.4. The fourth-order valence-corrected chi connectivity index (χ4v) is 1.67. The average Bonchev–Trinajstić information content (AvgIpc) is 2.26. The Kier molecular flexibility index (Phi) is 2.60. The van der Waals surface area contributed by atoms with Crippen LogP contribution in [0.2, 0.25) is 0 Å². The zero-order valence-electron chi connectivity index (χ0n) is 9.17. The second-order valence-corrected chi connectivity index (χ2v) is 3.81. The Morgan fingerprint density at radius 3 is 2.69 bits per heavy atom. The van der Waals surface area contributed by atoms with E-state index in [1.807, 2.05) is 6.07 Å². The van der Waals surface area contributed by atoms with Gasteiger partial charge in [0.25, 0.3) is 5.56 Å². The third-order valence-corrected chi connectivity index (χ3v) is 2.67. The molecule has 0 aliphatic carbocycles. The van der Waals surface area contributed by atoms with Crippen LogP contribution in [-0.2, 0) is 0 Å². The highest BCUT2D eigenvalue weighted by molar-refractivity contribution is 5.66. The second kappa shape index (κ2) is 3.93. The number of rotatable bonds is 1. The minimum absolute atomic E-state index is 0.113. The molecule has 0 amide bonds. The van der Waals surface area contributed by atoms with Gasteiger partial charge in [0.2, 0.25) is 0 Å². The van der Waals surface area contributed by atoms with Crippen LogP contribution in [0.15, 0.2) is 35.3 Å². The van der Waals surface area contributed by atoms with E-state index in [0.29, 0.717) is 11.1 Å². The Hall–Kier alpha value is -1.90. The second-order valence-electron chi connectivity index (χ2n) is 3.81. The van der Waals surface area contributed by atoms with Crippen LogP contribution in [0.25, 0.3) is 11.1 Å². The first-order chi connectivity index (χ1) is 7.59. The lowest BCUT2D eigenvalue weighted by molar-refractivity contribution is 0.619. The van der Waals surface area contributed by atoms with Gasteiger partial charge in [0.1, 0.15) is 5.82 Å². The van der Waals surface area contributed by atoms with Crippen molar-refractivity contribution in [3.05, 3.63) is 57.8 Å². The molecule has 0 atom stereocenters. The monoisotopic (exact) mass is 217 g/mol. The molecule has 0 radical (unpaired) electrons. The molecule has 0 bridgehead atoms. The summed E-state index contributed by atoms with van der Waals surface area (Å²) in [5.41, 5.74) is 2.74. The molecule has 1 aromatic heterocycles. The zero-order chi connectivity index (χ0) is 11.7. The molecule has 2 rings (SSSR count). The molecule has 1 N–H and O–H groups in total.